The first-order chi connectivity index (χ1) is 7.80. The minimum absolute atomic E-state index is 0.183. The van der Waals surface area contributed by atoms with E-state index in [0.717, 1.165) is 12.1 Å². The molecule has 0 fully saturated rings. The second-order valence-electron chi connectivity index (χ2n) is 2.91. The van der Waals surface area contributed by atoms with Crippen molar-refractivity contribution in [1.29, 1.82) is 0 Å². The third kappa shape index (κ3) is 4.84. The zero-order valence-corrected chi connectivity index (χ0v) is 9.65. The van der Waals surface area contributed by atoms with Crippen molar-refractivity contribution in [2.24, 2.45) is 0 Å². The van der Waals surface area contributed by atoms with E-state index in [2.05, 4.69) is 0 Å². The summed E-state index contributed by atoms with van der Waals surface area (Å²) in [5.74, 6) is -2.82. The summed E-state index contributed by atoms with van der Waals surface area (Å²) < 4.78 is 48.2. The molecule has 96 valence electrons. The van der Waals surface area contributed by atoms with Gasteiger partial charge in [0.2, 0.25) is 0 Å². The number of rotatable bonds is 1. The molecule has 0 spiro atoms. The Kier molecular flexibility index (Phi) is 5.64. The normalized spacial score (nSPS) is 10.3. The SMILES string of the molecule is CC.Cc1ccc(F)cc1NC(=O)C(F)(F)F. The molecule has 0 unspecified atom stereocenters. The third-order valence-electron chi connectivity index (χ3n) is 1.71. The van der Waals surface area contributed by atoms with Gasteiger partial charge < -0.3 is 5.32 Å². The van der Waals surface area contributed by atoms with Gasteiger partial charge in [0.25, 0.3) is 0 Å². The summed E-state index contributed by atoms with van der Waals surface area (Å²) in [4.78, 5) is 10.5. The molecule has 0 aliphatic heterocycles. The number of nitrogens with one attached hydrogen (secondary N) is 1. The highest BCUT2D eigenvalue weighted by Gasteiger charge is 2.38. The van der Waals surface area contributed by atoms with Crippen LogP contribution in [0.2, 0.25) is 0 Å². The number of amides is 1. The summed E-state index contributed by atoms with van der Waals surface area (Å²) in [6.07, 6.45) is -4.97. The maximum atomic E-state index is 12.7. The first kappa shape index (κ1) is 15.4. The number of carbonyl (C=O) groups excluding carboxylic acids is 1. The van der Waals surface area contributed by atoms with Crippen molar-refractivity contribution in [1.82, 2.24) is 0 Å². The molecule has 0 bridgehead atoms. The van der Waals surface area contributed by atoms with Gasteiger partial charge in [-0.1, -0.05) is 19.9 Å². The van der Waals surface area contributed by atoms with Crippen LogP contribution >= 0.6 is 0 Å². The smallest absolute Gasteiger partial charge is 0.318 e. The molecule has 17 heavy (non-hydrogen) atoms. The standard InChI is InChI=1S/C9H7F4NO.C2H6/c1-5-2-3-6(10)4-7(5)14-8(15)9(11,12)13;1-2/h2-4H,1H3,(H,14,15);1-2H3. The molecule has 1 amide bonds. The van der Waals surface area contributed by atoms with Gasteiger partial charge in [0.1, 0.15) is 5.82 Å². The van der Waals surface area contributed by atoms with Gasteiger partial charge >= 0.3 is 12.1 Å². The summed E-state index contributed by atoms with van der Waals surface area (Å²) in [7, 11) is 0. The minimum atomic E-state index is -4.97. The van der Waals surface area contributed by atoms with E-state index in [0.29, 0.717) is 5.56 Å². The molecule has 2 nitrogen and oxygen atoms in total. The lowest BCUT2D eigenvalue weighted by molar-refractivity contribution is -0.167. The van der Waals surface area contributed by atoms with Crippen LogP contribution in [-0.2, 0) is 4.79 Å². The summed E-state index contributed by atoms with van der Waals surface area (Å²) in [5.41, 5.74) is 0.173. The van der Waals surface area contributed by atoms with Gasteiger partial charge in [0, 0.05) is 5.69 Å². The Morgan fingerprint density at radius 2 is 1.76 bits per heavy atom. The predicted octanol–water partition coefficient (Wildman–Crippen LogP) is 3.66. The maximum Gasteiger partial charge on any atom is 0.471 e. The van der Waals surface area contributed by atoms with Gasteiger partial charge in [-0.25, -0.2) is 4.39 Å². The Bertz CT molecular complexity index is 388. The zero-order valence-electron chi connectivity index (χ0n) is 9.65. The number of aryl methyl sites for hydroxylation is 1. The van der Waals surface area contributed by atoms with Gasteiger partial charge in [0.15, 0.2) is 0 Å². The molecule has 0 saturated heterocycles. The van der Waals surface area contributed by atoms with Gasteiger partial charge in [-0.05, 0) is 24.6 Å². The molecule has 0 aromatic heterocycles. The molecule has 1 aromatic carbocycles. The molecule has 1 rings (SSSR count). The number of benzene rings is 1. The lowest BCUT2D eigenvalue weighted by Crippen LogP contribution is -2.30. The lowest BCUT2D eigenvalue weighted by atomic mass is 10.2. The van der Waals surface area contributed by atoms with Crippen LogP contribution in [0, 0.1) is 12.7 Å². The van der Waals surface area contributed by atoms with E-state index in [4.69, 9.17) is 0 Å². The fourth-order valence-electron chi connectivity index (χ4n) is 0.922. The first-order valence-electron chi connectivity index (χ1n) is 4.95. The number of hydrogen-bond donors (Lipinski definition) is 1. The maximum absolute atomic E-state index is 12.7. The molecule has 0 aliphatic carbocycles. The van der Waals surface area contributed by atoms with Crippen LogP contribution in [0.25, 0.3) is 0 Å². The van der Waals surface area contributed by atoms with E-state index in [1.165, 1.54) is 13.0 Å². The highest BCUT2D eigenvalue weighted by Crippen LogP contribution is 2.21. The number of hydrogen-bond acceptors (Lipinski definition) is 1. The number of alkyl halides is 3. The molecule has 1 aromatic rings. The quantitative estimate of drug-likeness (QED) is 0.758. The Labute approximate surface area is 96.6 Å². The van der Waals surface area contributed by atoms with E-state index in [9.17, 15) is 22.4 Å². The van der Waals surface area contributed by atoms with Crippen molar-refractivity contribution < 1.29 is 22.4 Å². The first-order valence-corrected chi connectivity index (χ1v) is 4.95. The average molecular weight is 251 g/mol. The molecule has 6 heteroatoms. The predicted molar refractivity (Wildman–Crippen MR) is 57.2 cm³/mol. The number of anilines is 1. The van der Waals surface area contributed by atoms with Crippen molar-refractivity contribution in [2.75, 3.05) is 5.32 Å². The monoisotopic (exact) mass is 251 g/mol. The molecule has 0 saturated carbocycles. The zero-order chi connectivity index (χ0) is 13.6. The highest BCUT2D eigenvalue weighted by molar-refractivity contribution is 5.95. The fourth-order valence-corrected chi connectivity index (χ4v) is 0.922. The number of carbonyl (C=O) groups is 1. The van der Waals surface area contributed by atoms with Gasteiger partial charge in [-0.2, -0.15) is 13.2 Å². The van der Waals surface area contributed by atoms with Crippen LogP contribution in [0.3, 0.4) is 0 Å². The van der Waals surface area contributed by atoms with Crippen LogP contribution < -0.4 is 5.32 Å². The van der Waals surface area contributed by atoms with Crippen molar-refractivity contribution in [2.45, 2.75) is 26.9 Å². The van der Waals surface area contributed by atoms with Crippen LogP contribution in [0.15, 0.2) is 18.2 Å². The van der Waals surface area contributed by atoms with Gasteiger partial charge in [-0.3, -0.25) is 4.79 Å². The van der Waals surface area contributed by atoms with Gasteiger partial charge in [-0.15, -0.1) is 0 Å². The average Bonchev–Trinajstić information content (AvgIpc) is 2.25. The van der Waals surface area contributed by atoms with E-state index in [-0.39, 0.29) is 5.69 Å². The van der Waals surface area contributed by atoms with Crippen molar-refractivity contribution in [3.63, 3.8) is 0 Å². The van der Waals surface area contributed by atoms with Crippen molar-refractivity contribution >= 4 is 11.6 Å². The third-order valence-corrected chi connectivity index (χ3v) is 1.71. The molecule has 1 N–H and O–H groups in total. The van der Waals surface area contributed by atoms with E-state index >= 15 is 0 Å². The largest absolute Gasteiger partial charge is 0.471 e. The lowest BCUT2D eigenvalue weighted by Gasteiger charge is -2.09. The van der Waals surface area contributed by atoms with Crippen LogP contribution in [0.4, 0.5) is 23.2 Å². The van der Waals surface area contributed by atoms with Gasteiger partial charge in [0.05, 0.1) is 0 Å². The molecular formula is C11H13F4NO. The topological polar surface area (TPSA) is 29.1 Å². The Morgan fingerprint density at radius 3 is 2.24 bits per heavy atom. The van der Waals surface area contributed by atoms with Crippen LogP contribution in [0.5, 0.6) is 0 Å². The van der Waals surface area contributed by atoms with E-state index < -0.39 is 17.9 Å². The highest BCUT2D eigenvalue weighted by atomic mass is 19.4. The summed E-state index contributed by atoms with van der Waals surface area (Å²) in [6.45, 7) is 5.46. The molecule has 0 aliphatic rings. The Balaban J connectivity index is 0.00000121. The van der Waals surface area contributed by atoms with Crippen LogP contribution in [-0.4, -0.2) is 12.1 Å². The second-order valence-corrected chi connectivity index (χ2v) is 2.91. The molecule has 0 atom stereocenters. The van der Waals surface area contributed by atoms with Crippen molar-refractivity contribution in [3.05, 3.63) is 29.6 Å². The van der Waals surface area contributed by atoms with E-state index in [1.54, 1.807) is 5.32 Å². The summed E-state index contributed by atoms with van der Waals surface area (Å²) >= 11 is 0. The fraction of sp³-hybridized carbons (Fsp3) is 0.364. The second kappa shape index (κ2) is 6.22. The van der Waals surface area contributed by atoms with Crippen LogP contribution in [0.1, 0.15) is 19.4 Å². The molecule has 0 radical (unpaired) electrons. The molecule has 0 heterocycles. The Hall–Kier alpha value is -1.59. The summed E-state index contributed by atoms with van der Waals surface area (Å²) in [6, 6.07) is 3.21. The molecular weight excluding hydrogens is 238 g/mol. The summed E-state index contributed by atoms with van der Waals surface area (Å²) in [5, 5.41) is 1.59. The minimum Gasteiger partial charge on any atom is -0.318 e. The Morgan fingerprint density at radius 1 is 1.24 bits per heavy atom. The van der Waals surface area contributed by atoms with Crippen molar-refractivity contribution in [3.8, 4) is 0 Å². The number of halogens is 4. The van der Waals surface area contributed by atoms with E-state index in [1.807, 2.05) is 13.8 Å².